The first-order valence-electron chi connectivity index (χ1n) is 5.01. The van der Waals surface area contributed by atoms with E-state index >= 15 is 0 Å². The number of hydrogen-bond donors (Lipinski definition) is 1. The Kier molecular flexibility index (Phi) is 2.31. The van der Waals surface area contributed by atoms with E-state index in [9.17, 15) is 0 Å². The molecule has 5 heteroatoms. The van der Waals surface area contributed by atoms with Crippen LogP contribution in [-0.2, 0) is 19.4 Å². The van der Waals surface area contributed by atoms with Crippen LogP contribution in [0.1, 0.15) is 21.9 Å². The summed E-state index contributed by atoms with van der Waals surface area (Å²) in [4.78, 5) is 2.80. The van der Waals surface area contributed by atoms with Crippen LogP contribution in [0.25, 0.3) is 9.88 Å². The van der Waals surface area contributed by atoms with Gasteiger partial charge in [-0.05, 0) is 30.9 Å². The normalized spacial score (nSPS) is 14.5. The van der Waals surface area contributed by atoms with Crippen molar-refractivity contribution in [2.45, 2.75) is 25.8 Å². The number of thiophene rings is 1. The van der Waals surface area contributed by atoms with E-state index in [-0.39, 0.29) is 0 Å². The molecule has 0 unspecified atom stereocenters. The fourth-order valence-electron chi connectivity index (χ4n) is 1.87. The molecule has 3 nitrogen and oxygen atoms in total. The van der Waals surface area contributed by atoms with Crippen molar-refractivity contribution in [1.82, 2.24) is 10.2 Å². The second kappa shape index (κ2) is 3.66. The van der Waals surface area contributed by atoms with E-state index in [0.717, 1.165) is 10.0 Å². The van der Waals surface area contributed by atoms with E-state index < -0.39 is 0 Å². The Morgan fingerprint density at radius 3 is 2.93 bits per heavy atom. The molecule has 0 atom stereocenters. The highest BCUT2D eigenvalue weighted by Crippen LogP contribution is 2.37. The third kappa shape index (κ3) is 1.60. The lowest BCUT2D eigenvalue weighted by atomic mass is 10.2. The first-order valence-corrected chi connectivity index (χ1v) is 6.64. The zero-order valence-corrected chi connectivity index (χ0v) is 9.83. The van der Waals surface area contributed by atoms with Gasteiger partial charge in [0.15, 0.2) is 5.01 Å². The summed E-state index contributed by atoms with van der Waals surface area (Å²) in [6.45, 7) is 0.489. The van der Waals surface area contributed by atoms with Crippen molar-refractivity contribution in [2.24, 2.45) is 5.73 Å². The average molecular weight is 237 g/mol. The van der Waals surface area contributed by atoms with Gasteiger partial charge >= 0.3 is 0 Å². The van der Waals surface area contributed by atoms with E-state index in [1.54, 1.807) is 11.3 Å². The number of nitrogens with zero attached hydrogens (tertiary/aromatic N) is 2. The van der Waals surface area contributed by atoms with Crippen molar-refractivity contribution in [3.63, 3.8) is 0 Å². The molecule has 78 valence electrons. The lowest BCUT2D eigenvalue weighted by Crippen LogP contribution is -1.94. The largest absolute Gasteiger partial charge is 0.324 e. The van der Waals surface area contributed by atoms with E-state index in [4.69, 9.17) is 5.73 Å². The van der Waals surface area contributed by atoms with Crippen LogP contribution in [0, 0.1) is 0 Å². The first-order chi connectivity index (χ1) is 7.36. The van der Waals surface area contributed by atoms with Crippen molar-refractivity contribution in [1.29, 1.82) is 0 Å². The number of fused-ring (bicyclic) bond motifs is 1. The van der Waals surface area contributed by atoms with Gasteiger partial charge in [-0.15, -0.1) is 21.5 Å². The maximum absolute atomic E-state index is 5.53. The summed E-state index contributed by atoms with van der Waals surface area (Å²) in [5, 5.41) is 10.2. The Hall–Kier alpha value is -0.780. The van der Waals surface area contributed by atoms with Gasteiger partial charge in [0.2, 0.25) is 0 Å². The van der Waals surface area contributed by atoms with Crippen LogP contribution in [0.5, 0.6) is 0 Å². The van der Waals surface area contributed by atoms with Gasteiger partial charge in [-0.2, -0.15) is 0 Å². The lowest BCUT2D eigenvalue weighted by Gasteiger charge is -1.87. The van der Waals surface area contributed by atoms with Crippen LogP contribution in [0.3, 0.4) is 0 Å². The van der Waals surface area contributed by atoms with Crippen LogP contribution < -0.4 is 5.73 Å². The minimum atomic E-state index is 0.489. The number of rotatable bonds is 2. The molecule has 2 aromatic rings. The Morgan fingerprint density at radius 1 is 1.27 bits per heavy atom. The minimum absolute atomic E-state index is 0.489. The van der Waals surface area contributed by atoms with Crippen LogP contribution >= 0.6 is 22.7 Å². The average Bonchev–Trinajstić information content (AvgIpc) is 2.91. The zero-order valence-electron chi connectivity index (χ0n) is 8.19. The predicted octanol–water partition coefficient (Wildman–Crippen LogP) is 2.21. The SMILES string of the molecule is NCc1nnc(-c2cc3c(s2)CCC3)s1. The molecule has 0 saturated carbocycles. The van der Waals surface area contributed by atoms with Crippen molar-refractivity contribution in [3.8, 4) is 9.88 Å². The summed E-state index contributed by atoms with van der Waals surface area (Å²) in [6, 6.07) is 2.27. The molecule has 0 saturated heterocycles. The van der Waals surface area contributed by atoms with E-state index in [1.165, 1.54) is 34.6 Å². The van der Waals surface area contributed by atoms with Crippen LogP contribution in [0.4, 0.5) is 0 Å². The summed E-state index contributed by atoms with van der Waals surface area (Å²) in [7, 11) is 0. The monoisotopic (exact) mass is 237 g/mol. The molecule has 0 bridgehead atoms. The Bertz CT molecular complexity index is 465. The van der Waals surface area contributed by atoms with Gasteiger partial charge in [0, 0.05) is 11.4 Å². The van der Waals surface area contributed by atoms with Gasteiger partial charge in [0.25, 0.3) is 0 Å². The maximum atomic E-state index is 5.53. The molecule has 1 aliphatic carbocycles. The Balaban J connectivity index is 1.98. The Morgan fingerprint density at radius 2 is 2.20 bits per heavy atom. The molecule has 0 aliphatic heterocycles. The summed E-state index contributed by atoms with van der Waals surface area (Å²) < 4.78 is 0. The molecule has 0 spiro atoms. The smallest absolute Gasteiger partial charge is 0.157 e. The number of aryl methyl sites for hydroxylation is 2. The number of hydrogen-bond acceptors (Lipinski definition) is 5. The molecule has 0 fully saturated rings. The number of nitrogens with two attached hydrogens (primary N) is 1. The van der Waals surface area contributed by atoms with E-state index in [0.29, 0.717) is 6.54 Å². The first kappa shape index (κ1) is 9.45. The Labute approximate surface area is 96.0 Å². The van der Waals surface area contributed by atoms with E-state index in [2.05, 4.69) is 16.3 Å². The van der Waals surface area contributed by atoms with E-state index in [1.807, 2.05) is 11.3 Å². The summed E-state index contributed by atoms with van der Waals surface area (Å²) in [6.07, 6.45) is 3.78. The molecule has 15 heavy (non-hydrogen) atoms. The summed E-state index contributed by atoms with van der Waals surface area (Å²) >= 11 is 3.47. The molecule has 0 aromatic carbocycles. The molecule has 1 aliphatic rings. The van der Waals surface area contributed by atoms with Crippen LogP contribution in [0.15, 0.2) is 6.07 Å². The fraction of sp³-hybridized carbons (Fsp3) is 0.400. The molecule has 0 amide bonds. The third-order valence-corrected chi connectivity index (χ3v) is 4.95. The summed E-state index contributed by atoms with van der Waals surface area (Å²) in [5.74, 6) is 0. The van der Waals surface area contributed by atoms with Crippen LogP contribution in [-0.4, -0.2) is 10.2 Å². The van der Waals surface area contributed by atoms with Gasteiger partial charge in [0.05, 0.1) is 4.88 Å². The molecule has 2 N–H and O–H groups in total. The lowest BCUT2D eigenvalue weighted by molar-refractivity contribution is 0.915. The molecular formula is C10H11N3S2. The third-order valence-electron chi connectivity index (χ3n) is 2.60. The van der Waals surface area contributed by atoms with Gasteiger partial charge in [-0.3, -0.25) is 0 Å². The predicted molar refractivity (Wildman–Crippen MR) is 63.1 cm³/mol. The standard InChI is InChI=1S/C10H11N3S2/c11-5-9-12-13-10(15-9)8-4-6-2-1-3-7(6)14-8/h4H,1-3,5,11H2. The van der Waals surface area contributed by atoms with Gasteiger partial charge in [0.1, 0.15) is 5.01 Å². The number of aromatic nitrogens is 2. The zero-order chi connectivity index (χ0) is 10.3. The van der Waals surface area contributed by atoms with Crippen molar-refractivity contribution in [2.75, 3.05) is 0 Å². The molecule has 0 radical (unpaired) electrons. The van der Waals surface area contributed by atoms with Crippen LogP contribution in [0.2, 0.25) is 0 Å². The topological polar surface area (TPSA) is 51.8 Å². The molecule has 3 rings (SSSR count). The maximum Gasteiger partial charge on any atom is 0.157 e. The molecule has 2 aromatic heterocycles. The molecule has 2 heterocycles. The highest BCUT2D eigenvalue weighted by Gasteiger charge is 2.17. The quantitative estimate of drug-likeness (QED) is 0.871. The van der Waals surface area contributed by atoms with Crippen molar-refractivity contribution < 1.29 is 0 Å². The highest BCUT2D eigenvalue weighted by molar-refractivity contribution is 7.21. The fourth-order valence-corrected chi connectivity index (χ4v) is 3.88. The highest BCUT2D eigenvalue weighted by atomic mass is 32.1. The minimum Gasteiger partial charge on any atom is -0.324 e. The molecular weight excluding hydrogens is 226 g/mol. The van der Waals surface area contributed by atoms with Gasteiger partial charge < -0.3 is 5.73 Å². The van der Waals surface area contributed by atoms with Gasteiger partial charge in [-0.1, -0.05) is 11.3 Å². The second-order valence-electron chi connectivity index (χ2n) is 3.62. The summed E-state index contributed by atoms with van der Waals surface area (Å²) in [5.41, 5.74) is 7.04. The van der Waals surface area contributed by atoms with Gasteiger partial charge in [-0.25, -0.2) is 0 Å². The van der Waals surface area contributed by atoms with Crippen molar-refractivity contribution in [3.05, 3.63) is 21.5 Å². The second-order valence-corrected chi connectivity index (χ2v) is 5.82. The van der Waals surface area contributed by atoms with Crippen molar-refractivity contribution >= 4 is 22.7 Å².